The molecule has 1 aliphatic heterocycles. The Kier molecular flexibility index (Phi) is 10.1. The molecule has 0 radical (unpaired) electrons. The van der Waals surface area contributed by atoms with Crippen molar-refractivity contribution in [2.24, 2.45) is 0 Å². The van der Waals surface area contributed by atoms with Crippen molar-refractivity contribution >= 4 is 16.7 Å². The molecule has 0 aliphatic carbocycles. The summed E-state index contributed by atoms with van der Waals surface area (Å²) in [5.41, 5.74) is 1.69. The average molecular weight is 413 g/mol. The Morgan fingerprint density at radius 1 is 1.13 bits per heavy atom. The maximum atomic E-state index is 11.6. The van der Waals surface area contributed by atoms with Crippen molar-refractivity contribution in [3.05, 3.63) is 48.4 Å². The van der Waals surface area contributed by atoms with Gasteiger partial charge in [0.15, 0.2) is 0 Å². The van der Waals surface area contributed by atoms with Gasteiger partial charge in [-0.25, -0.2) is 4.79 Å². The summed E-state index contributed by atoms with van der Waals surface area (Å²) in [7, 11) is 0. The molecule has 164 valence electrons. The molecule has 2 aromatic carbocycles. The van der Waals surface area contributed by atoms with Crippen molar-refractivity contribution in [2.45, 2.75) is 65.4 Å². The van der Waals surface area contributed by atoms with Crippen LogP contribution < -0.4 is 10.9 Å². The molecule has 3 rings (SSSR count). The number of benzene rings is 2. The number of ether oxygens (including phenoxy) is 3. The van der Waals surface area contributed by atoms with Crippen molar-refractivity contribution in [2.75, 3.05) is 6.79 Å². The lowest BCUT2D eigenvalue weighted by Crippen LogP contribution is -2.25. The van der Waals surface area contributed by atoms with Gasteiger partial charge in [0.05, 0.1) is 5.60 Å². The van der Waals surface area contributed by atoms with Crippen molar-refractivity contribution in [3.63, 3.8) is 0 Å². The highest BCUT2D eigenvalue weighted by atomic mass is 16.7. The van der Waals surface area contributed by atoms with Crippen LogP contribution in [0.3, 0.4) is 0 Å². The van der Waals surface area contributed by atoms with Crippen LogP contribution in [-0.2, 0) is 15.9 Å². The number of carbonyl (C=O) groups is 1. The zero-order valence-electron chi connectivity index (χ0n) is 18.7. The highest BCUT2D eigenvalue weighted by Gasteiger charge is 2.20. The first kappa shape index (κ1) is 25.2. The number of esters is 1. The SMILES string of the molecule is CCc1ccc2cc3c(cc2c1)C(=O)OCO3.N.[CH2-]C#COC(C)(CC)CCCC. The zero-order valence-corrected chi connectivity index (χ0v) is 18.7. The second kappa shape index (κ2) is 12.0. The molecule has 3 N–H and O–H groups in total. The van der Waals surface area contributed by atoms with Gasteiger partial charge in [-0.05, 0) is 61.1 Å². The quantitative estimate of drug-likeness (QED) is 0.346. The normalized spacial score (nSPS) is 13.7. The fraction of sp³-hybridized carbons (Fsp3) is 0.440. The maximum absolute atomic E-state index is 11.6. The first-order chi connectivity index (χ1) is 14.0. The van der Waals surface area contributed by atoms with Crippen LogP contribution in [0.15, 0.2) is 30.3 Å². The van der Waals surface area contributed by atoms with Crippen molar-refractivity contribution in [1.29, 1.82) is 0 Å². The molecule has 1 unspecified atom stereocenters. The Bertz CT molecular complexity index is 897. The monoisotopic (exact) mass is 412 g/mol. The summed E-state index contributed by atoms with van der Waals surface area (Å²) < 4.78 is 15.6. The minimum atomic E-state index is -0.310. The Balaban J connectivity index is 0.000000311. The predicted molar refractivity (Wildman–Crippen MR) is 122 cm³/mol. The second-order valence-electron chi connectivity index (χ2n) is 7.37. The molecular weight excluding hydrogens is 378 g/mol. The lowest BCUT2D eigenvalue weighted by Gasteiger charge is -2.29. The Morgan fingerprint density at radius 3 is 2.53 bits per heavy atom. The van der Waals surface area contributed by atoms with Gasteiger partial charge in [-0.3, -0.25) is 5.92 Å². The van der Waals surface area contributed by atoms with E-state index in [9.17, 15) is 4.79 Å². The lowest BCUT2D eigenvalue weighted by molar-refractivity contribution is 0.00501. The van der Waals surface area contributed by atoms with Gasteiger partial charge in [-0.2, -0.15) is 6.92 Å². The number of hydrogen-bond acceptors (Lipinski definition) is 5. The van der Waals surface area contributed by atoms with E-state index in [1.807, 2.05) is 12.1 Å². The van der Waals surface area contributed by atoms with E-state index in [1.165, 1.54) is 18.4 Å². The summed E-state index contributed by atoms with van der Waals surface area (Å²) >= 11 is 0. The minimum absolute atomic E-state index is 0. The summed E-state index contributed by atoms with van der Waals surface area (Å²) in [6, 6.07) is 9.97. The van der Waals surface area contributed by atoms with E-state index in [4.69, 9.17) is 14.2 Å². The molecule has 0 bridgehead atoms. The smallest absolute Gasteiger partial charge is 0.344 e. The minimum Gasteiger partial charge on any atom is -0.540 e. The zero-order chi connectivity index (χ0) is 21.3. The largest absolute Gasteiger partial charge is 0.540 e. The fourth-order valence-corrected chi connectivity index (χ4v) is 3.06. The Morgan fingerprint density at radius 2 is 1.90 bits per heavy atom. The third kappa shape index (κ3) is 6.60. The van der Waals surface area contributed by atoms with Gasteiger partial charge in [0, 0.05) is 0 Å². The lowest BCUT2D eigenvalue weighted by atomic mass is 9.96. The van der Waals surface area contributed by atoms with Crippen LogP contribution in [0.1, 0.15) is 69.3 Å². The van der Waals surface area contributed by atoms with Gasteiger partial charge in [-0.1, -0.05) is 45.4 Å². The highest BCUT2D eigenvalue weighted by molar-refractivity contribution is 5.99. The van der Waals surface area contributed by atoms with Crippen LogP contribution in [-0.4, -0.2) is 18.4 Å². The number of carbonyl (C=O) groups excluding carboxylic acids is 1. The van der Waals surface area contributed by atoms with E-state index in [0.717, 1.165) is 30.0 Å². The number of unbranched alkanes of at least 4 members (excludes halogenated alkanes) is 1. The number of aryl methyl sites for hydroxylation is 1. The summed E-state index contributed by atoms with van der Waals surface area (Å²) in [6.07, 6.45) is 8.05. The number of hydrogen-bond donors (Lipinski definition) is 1. The second-order valence-corrected chi connectivity index (χ2v) is 7.37. The maximum Gasteiger partial charge on any atom is 0.344 e. The van der Waals surface area contributed by atoms with E-state index >= 15 is 0 Å². The van der Waals surface area contributed by atoms with Gasteiger partial charge in [0.25, 0.3) is 0 Å². The molecule has 1 atom stereocenters. The van der Waals surface area contributed by atoms with Crippen LogP contribution in [0.5, 0.6) is 5.75 Å². The van der Waals surface area contributed by atoms with E-state index in [0.29, 0.717) is 11.3 Å². The van der Waals surface area contributed by atoms with Gasteiger partial charge in [0.2, 0.25) is 6.79 Å². The topological polar surface area (TPSA) is 79.8 Å². The molecule has 0 fully saturated rings. The first-order valence-electron chi connectivity index (χ1n) is 10.3. The third-order valence-corrected chi connectivity index (χ3v) is 5.21. The summed E-state index contributed by atoms with van der Waals surface area (Å²) in [5.74, 6) is 2.81. The van der Waals surface area contributed by atoms with Crippen LogP contribution in [0, 0.1) is 19.0 Å². The van der Waals surface area contributed by atoms with Crippen molar-refractivity contribution in [1.82, 2.24) is 6.15 Å². The van der Waals surface area contributed by atoms with Gasteiger partial charge >= 0.3 is 5.97 Å². The molecule has 30 heavy (non-hydrogen) atoms. The Labute approximate surface area is 180 Å². The van der Waals surface area contributed by atoms with Gasteiger partial charge < -0.3 is 20.4 Å². The summed E-state index contributed by atoms with van der Waals surface area (Å²) in [4.78, 5) is 11.6. The molecule has 5 heteroatoms. The first-order valence-corrected chi connectivity index (χ1v) is 10.3. The molecule has 0 saturated heterocycles. The van der Waals surface area contributed by atoms with Crippen LogP contribution in [0.25, 0.3) is 10.8 Å². The molecule has 1 aliphatic rings. The predicted octanol–water partition coefficient (Wildman–Crippen LogP) is 6.23. The number of fused-ring (bicyclic) bond motifs is 2. The molecule has 1 heterocycles. The van der Waals surface area contributed by atoms with Gasteiger partial charge in [0.1, 0.15) is 11.3 Å². The highest BCUT2D eigenvalue weighted by Crippen LogP contribution is 2.29. The van der Waals surface area contributed by atoms with Crippen molar-refractivity contribution < 1.29 is 19.0 Å². The molecule has 0 saturated carbocycles. The molecule has 2 aromatic rings. The van der Waals surface area contributed by atoms with Gasteiger partial charge in [-0.15, -0.1) is 6.11 Å². The molecule has 0 spiro atoms. The standard InChI is InChI=1S/C14H12O3.C11H19O.H3N/c1-2-9-3-4-10-7-13-12(6-11(10)5-9)14(15)17-8-16-13;1-5-8-9-11(4,7-3)12-10-6-2;/h3-7H,2,8H2,1H3;2,5,7-9H2,1,3-4H3;1H3/q;-1;. The summed E-state index contributed by atoms with van der Waals surface area (Å²) in [6.45, 7) is 11.9. The van der Waals surface area contributed by atoms with Crippen LogP contribution in [0.4, 0.5) is 0 Å². The fourth-order valence-electron chi connectivity index (χ4n) is 3.06. The van der Waals surface area contributed by atoms with Crippen LogP contribution in [0.2, 0.25) is 0 Å². The third-order valence-electron chi connectivity index (χ3n) is 5.21. The molecular formula is C25H34NO4-. The van der Waals surface area contributed by atoms with E-state index < -0.39 is 0 Å². The molecule has 5 nitrogen and oxygen atoms in total. The average Bonchev–Trinajstić information content (AvgIpc) is 2.75. The number of rotatable bonds is 6. The van der Waals surface area contributed by atoms with E-state index in [2.05, 4.69) is 64.8 Å². The van der Waals surface area contributed by atoms with E-state index in [1.54, 1.807) is 0 Å². The summed E-state index contributed by atoms with van der Waals surface area (Å²) in [5, 5.41) is 2.13. The van der Waals surface area contributed by atoms with Crippen molar-refractivity contribution in [3.8, 4) is 17.8 Å². The van der Waals surface area contributed by atoms with E-state index in [-0.39, 0.29) is 24.5 Å². The molecule has 0 aromatic heterocycles. The van der Waals surface area contributed by atoms with Crippen LogP contribution >= 0.6 is 0 Å². The number of cyclic esters (lactones) is 1. The Hall–Kier alpha value is -2.84. The molecule has 0 amide bonds.